The minimum atomic E-state index is -0.427. The molecule has 1 saturated carbocycles. The normalized spacial score (nSPS) is 22.5. The molecule has 1 aromatic carbocycles. The first kappa shape index (κ1) is 16.7. The van der Waals surface area contributed by atoms with E-state index >= 15 is 0 Å². The highest BCUT2D eigenvalue weighted by Gasteiger charge is 2.51. The van der Waals surface area contributed by atoms with Gasteiger partial charge in [0.1, 0.15) is 5.82 Å². The summed E-state index contributed by atoms with van der Waals surface area (Å²) in [5, 5.41) is 5.38. The molecule has 3 nitrogen and oxygen atoms in total. The minimum absolute atomic E-state index is 0.113. The number of piperidine rings is 1. The summed E-state index contributed by atoms with van der Waals surface area (Å²) < 4.78 is 13.2. The molecule has 1 saturated heterocycles. The summed E-state index contributed by atoms with van der Waals surface area (Å²) in [5.41, 5.74) is 0.515. The predicted molar refractivity (Wildman–Crippen MR) is 98.1 cm³/mol. The first-order valence-electron chi connectivity index (χ1n) is 8.97. The number of hydrogen-bond acceptors (Lipinski definition) is 3. The molecule has 0 unspecified atom stereocenters. The van der Waals surface area contributed by atoms with E-state index in [4.69, 9.17) is 0 Å². The van der Waals surface area contributed by atoms with E-state index < -0.39 is 5.41 Å². The number of benzene rings is 1. The summed E-state index contributed by atoms with van der Waals surface area (Å²) >= 11 is 1.78. The highest BCUT2D eigenvalue weighted by atomic mass is 32.1. The fourth-order valence-electron chi connectivity index (χ4n) is 3.80. The van der Waals surface area contributed by atoms with Gasteiger partial charge in [-0.25, -0.2) is 4.39 Å². The summed E-state index contributed by atoms with van der Waals surface area (Å²) in [7, 11) is 0. The first-order valence-corrected chi connectivity index (χ1v) is 9.85. The molecule has 2 aliphatic rings. The van der Waals surface area contributed by atoms with Gasteiger partial charge < -0.3 is 5.32 Å². The Morgan fingerprint density at radius 2 is 2.08 bits per heavy atom. The zero-order valence-corrected chi connectivity index (χ0v) is 15.0. The second kappa shape index (κ2) is 6.89. The number of nitrogens with zero attached hydrogens (tertiary/aromatic N) is 1. The van der Waals surface area contributed by atoms with Crippen molar-refractivity contribution in [2.45, 2.75) is 43.7 Å². The third-order valence-electron chi connectivity index (χ3n) is 5.38. The lowest BCUT2D eigenvalue weighted by atomic mass is 9.94. The largest absolute Gasteiger partial charge is 0.351 e. The Morgan fingerprint density at radius 3 is 2.76 bits per heavy atom. The van der Waals surface area contributed by atoms with Crippen LogP contribution in [0.5, 0.6) is 0 Å². The number of rotatable bonds is 5. The van der Waals surface area contributed by atoms with Crippen LogP contribution in [-0.4, -0.2) is 29.9 Å². The van der Waals surface area contributed by atoms with Crippen molar-refractivity contribution in [3.63, 3.8) is 0 Å². The molecule has 5 heteroatoms. The molecule has 2 heterocycles. The summed E-state index contributed by atoms with van der Waals surface area (Å²) in [4.78, 5) is 16.7. The molecule has 1 aliphatic carbocycles. The van der Waals surface area contributed by atoms with E-state index in [-0.39, 0.29) is 17.8 Å². The number of amides is 1. The maximum atomic E-state index is 13.2. The lowest BCUT2D eigenvalue weighted by Crippen LogP contribution is -2.50. The zero-order valence-electron chi connectivity index (χ0n) is 14.2. The van der Waals surface area contributed by atoms with Crippen molar-refractivity contribution in [2.24, 2.45) is 0 Å². The van der Waals surface area contributed by atoms with Crippen LogP contribution in [-0.2, 0) is 16.8 Å². The van der Waals surface area contributed by atoms with Crippen molar-refractivity contribution < 1.29 is 9.18 Å². The first-order chi connectivity index (χ1) is 12.2. The van der Waals surface area contributed by atoms with Gasteiger partial charge in [0, 0.05) is 24.0 Å². The molecule has 0 radical (unpaired) electrons. The van der Waals surface area contributed by atoms with Crippen LogP contribution in [0.25, 0.3) is 0 Å². The van der Waals surface area contributed by atoms with E-state index in [9.17, 15) is 9.18 Å². The van der Waals surface area contributed by atoms with Crippen LogP contribution in [0.1, 0.15) is 36.1 Å². The van der Waals surface area contributed by atoms with Crippen LogP contribution in [0.4, 0.5) is 4.39 Å². The molecule has 1 aliphatic heterocycles. The van der Waals surface area contributed by atoms with Gasteiger partial charge >= 0.3 is 0 Å². The van der Waals surface area contributed by atoms with Crippen molar-refractivity contribution in [2.75, 3.05) is 13.1 Å². The Balaban J connectivity index is 1.38. The molecule has 1 aromatic heterocycles. The average molecular weight is 358 g/mol. The highest BCUT2D eigenvalue weighted by molar-refractivity contribution is 7.09. The second-order valence-electron chi connectivity index (χ2n) is 7.22. The van der Waals surface area contributed by atoms with Crippen molar-refractivity contribution >= 4 is 17.2 Å². The molecule has 132 valence electrons. The standard InChI is InChI=1S/C20H23FN2OS/c21-16-7-5-15(6-8-16)20(9-10-20)19(24)22-17-3-1-11-23(13-17)14-18-4-2-12-25-18/h2,4-8,12,17H,1,3,9-11,13-14H2,(H,22,24)/t17-/m0/s1. The van der Waals surface area contributed by atoms with Gasteiger partial charge in [-0.05, 0) is 61.4 Å². The highest BCUT2D eigenvalue weighted by Crippen LogP contribution is 2.48. The molecule has 1 atom stereocenters. The number of halogens is 1. The summed E-state index contributed by atoms with van der Waals surface area (Å²) in [6.45, 7) is 2.96. The predicted octanol–water partition coefficient (Wildman–Crippen LogP) is 3.70. The van der Waals surface area contributed by atoms with E-state index in [0.717, 1.165) is 50.9 Å². The molecule has 0 bridgehead atoms. The summed E-state index contributed by atoms with van der Waals surface area (Å²) in [6, 6.07) is 10.9. The van der Waals surface area contributed by atoms with E-state index in [1.54, 1.807) is 23.5 Å². The lowest BCUT2D eigenvalue weighted by molar-refractivity contribution is -0.124. The lowest BCUT2D eigenvalue weighted by Gasteiger charge is -2.33. The number of thiophene rings is 1. The van der Waals surface area contributed by atoms with Crippen molar-refractivity contribution in [3.8, 4) is 0 Å². The fraction of sp³-hybridized carbons (Fsp3) is 0.450. The Kier molecular flexibility index (Phi) is 4.61. The van der Waals surface area contributed by atoms with Crippen molar-refractivity contribution in [1.82, 2.24) is 10.2 Å². The van der Waals surface area contributed by atoms with Gasteiger partial charge in [-0.2, -0.15) is 0 Å². The number of hydrogen-bond donors (Lipinski definition) is 1. The third-order valence-corrected chi connectivity index (χ3v) is 6.24. The van der Waals surface area contributed by atoms with E-state index in [1.165, 1.54) is 17.0 Å². The number of nitrogens with one attached hydrogen (secondary N) is 1. The van der Waals surface area contributed by atoms with Gasteiger partial charge in [0.2, 0.25) is 5.91 Å². The Morgan fingerprint density at radius 1 is 1.28 bits per heavy atom. The Labute approximate surface area is 151 Å². The molecule has 2 fully saturated rings. The van der Waals surface area contributed by atoms with Gasteiger partial charge in [0.25, 0.3) is 0 Å². The number of carbonyl (C=O) groups excluding carboxylic acids is 1. The monoisotopic (exact) mass is 358 g/mol. The van der Waals surface area contributed by atoms with Crippen LogP contribution >= 0.6 is 11.3 Å². The molecule has 1 N–H and O–H groups in total. The smallest absolute Gasteiger partial charge is 0.230 e. The molecular weight excluding hydrogens is 335 g/mol. The van der Waals surface area contributed by atoms with Gasteiger partial charge in [-0.15, -0.1) is 11.3 Å². The molecule has 0 spiro atoms. The summed E-state index contributed by atoms with van der Waals surface area (Å²) in [6.07, 6.45) is 3.86. The van der Waals surface area contributed by atoms with Crippen LogP contribution in [0, 0.1) is 5.82 Å². The van der Waals surface area contributed by atoms with Gasteiger partial charge in [-0.1, -0.05) is 18.2 Å². The van der Waals surface area contributed by atoms with E-state index in [2.05, 4.69) is 27.7 Å². The maximum Gasteiger partial charge on any atom is 0.230 e. The van der Waals surface area contributed by atoms with Crippen molar-refractivity contribution in [1.29, 1.82) is 0 Å². The quantitative estimate of drug-likeness (QED) is 0.884. The molecule has 2 aromatic rings. The van der Waals surface area contributed by atoms with Gasteiger partial charge in [0.15, 0.2) is 0 Å². The maximum absolute atomic E-state index is 13.2. The number of carbonyl (C=O) groups is 1. The van der Waals surface area contributed by atoms with Gasteiger partial charge in [0.05, 0.1) is 5.41 Å². The van der Waals surface area contributed by atoms with Crippen LogP contribution in [0.3, 0.4) is 0 Å². The van der Waals surface area contributed by atoms with E-state index in [0.29, 0.717) is 0 Å². The van der Waals surface area contributed by atoms with Crippen molar-refractivity contribution in [3.05, 3.63) is 58.0 Å². The molecule has 4 rings (SSSR count). The van der Waals surface area contributed by atoms with Crippen LogP contribution in [0.15, 0.2) is 41.8 Å². The third kappa shape index (κ3) is 3.62. The van der Waals surface area contributed by atoms with Gasteiger partial charge in [-0.3, -0.25) is 9.69 Å². The minimum Gasteiger partial charge on any atom is -0.351 e. The average Bonchev–Trinajstić information content (AvgIpc) is 3.27. The molecule has 1 amide bonds. The summed E-state index contributed by atoms with van der Waals surface area (Å²) in [5.74, 6) is -0.140. The SMILES string of the molecule is O=C(N[C@H]1CCCN(Cc2cccs2)C1)C1(c2ccc(F)cc2)CC1. The Hall–Kier alpha value is -1.72. The van der Waals surface area contributed by atoms with E-state index in [1.807, 2.05) is 0 Å². The zero-order chi connectivity index (χ0) is 17.3. The topological polar surface area (TPSA) is 32.3 Å². The molecule has 25 heavy (non-hydrogen) atoms. The van der Waals surface area contributed by atoms with Crippen LogP contribution in [0.2, 0.25) is 0 Å². The van der Waals surface area contributed by atoms with Crippen LogP contribution < -0.4 is 5.32 Å². The number of likely N-dealkylation sites (tertiary alicyclic amines) is 1. The molecular formula is C20H23FN2OS. The Bertz CT molecular complexity index is 725. The fourth-order valence-corrected chi connectivity index (χ4v) is 4.55. The second-order valence-corrected chi connectivity index (χ2v) is 8.25.